The summed E-state index contributed by atoms with van der Waals surface area (Å²) < 4.78 is 11.0. The fourth-order valence-electron chi connectivity index (χ4n) is 2.16. The maximum atomic E-state index is 5.84. The van der Waals surface area contributed by atoms with E-state index in [4.69, 9.17) is 9.47 Å². The van der Waals surface area contributed by atoms with Crippen LogP contribution in [0.4, 0.5) is 0 Å². The molecule has 0 spiro atoms. The lowest BCUT2D eigenvalue weighted by atomic mass is 10.0. The van der Waals surface area contributed by atoms with Gasteiger partial charge in [0.1, 0.15) is 18.5 Å². The first-order valence-corrected chi connectivity index (χ1v) is 6.13. The SMILES string of the molecule is CCc1c(OCC2CO2)ccc2ccccc12. The van der Waals surface area contributed by atoms with E-state index in [1.807, 2.05) is 0 Å². The van der Waals surface area contributed by atoms with Gasteiger partial charge in [-0.25, -0.2) is 0 Å². The van der Waals surface area contributed by atoms with E-state index in [0.717, 1.165) is 18.8 Å². The molecular formula is C15H16O2. The number of fused-ring (bicyclic) bond motifs is 1. The third kappa shape index (κ3) is 2.13. The minimum Gasteiger partial charge on any atom is -0.490 e. The van der Waals surface area contributed by atoms with Crippen molar-refractivity contribution in [2.24, 2.45) is 0 Å². The van der Waals surface area contributed by atoms with Gasteiger partial charge in [-0.2, -0.15) is 0 Å². The van der Waals surface area contributed by atoms with Crippen molar-refractivity contribution in [3.05, 3.63) is 42.0 Å². The van der Waals surface area contributed by atoms with E-state index >= 15 is 0 Å². The van der Waals surface area contributed by atoms with Crippen molar-refractivity contribution in [2.45, 2.75) is 19.4 Å². The Morgan fingerprint density at radius 1 is 1.24 bits per heavy atom. The van der Waals surface area contributed by atoms with Crippen LogP contribution in [0.2, 0.25) is 0 Å². The molecule has 88 valence electrons. The second-order valence-corrected chi connectivity index (χ2v) is 4.38. The molecular weight excluding hydrogens is 212 g/mol. The van der Waals surface area contributed by atoms with E-state index in [2.05, 4.69) is 43.3 Å². The second-order valence-electron chi connectivity index (χ2n) is 4.38. The molecule has 2 aromatic rings. The third-order valence-corrected chi connectivity index (χ3v) is 3.18. The summed E-state index contributed by atoms with van der Waals surface area (Å²) in [4.78, 5) is 0. The van der Waals surface area contributed by atoms with Crippen LogP contribution in [0.25, 0.3) is 10.8 Å². The number of epoxide rings is 1. The summed E-state index contributed by atoms with van der Waals surface area (Å²) in [5.74, 6) is 1.00. The van der Waals surface area contributed by atoms with Crippen molar-refractivity contribution in [1.29, 1.82) is 0 Å². The molecule has 0 radical (unpaired) electrons. The summed E-state index contributed by atoms with van der Waals surface area (Å²) in [5.41, 5.74) is 1.30. The summed E-state index contributed by atoms with van der Waals surface area (Å²) in [5, 5.41) is 2.57. The van der Waals surface area contributed by atoms with E-state index in [0.29, 0.717) is 12.7 Å². The van der Waals surface area contributed by atoms with Crippen LogP contribution in [0, 0.1) is 0 Å². The van der Waals surface area contributed by atoms with Crippen molar-refractivity contribution in [3.63, 3.8) is 0 Å². The highest BCUT2D eigenvalue weighted by Crippen LogP contribution is 2.29. The fraction of sp³-hybridized carbons (Fsp3) is 0.333. The highest BCUT2D eigenvalue weighted by molar-refractivity contribution is 5.87. The Bertz CT molecular complexity index is 529. The smallest absolute Gasteiger partial charge is 0.123 e. The molecule has 2 heteroatoms. The summed E-state index contributed by atoms with van der Waals surface area (Å²) in [7, 11) is 0. The second kappa shape index (κ2) is 4.38. The Morgan fingerprint density at radius 3 is 2.82 bits per heavy atom. The molecule has 1 atom stereocenters. The summed E-state index contributed by atoms with van der Waals surface area (Å²) >= 11 is 0. The standard InChI is InChI=1S/C15H16O2/c1-2-13-14-6-4-3-5-11(14)7-8-15(13)17-10-12-9-16-12/h3-8,12H,2,9-10H2,1H3. The molecule has 1 heterocycles. The topological polar surface area (TPSA) is 21.8 Å². The van der Waals surface area contributed by atoms with Gasteiger partial charge in [0.15, 0.2) is 0 Å². The van der Waals surface area contributed by atoms with Gasteiger partial charge in [-0.3, -0.25) is 0 Å². The van der Waals surface area contributed by atoms with E-state index in [1.54, 1.807) is 0 Å². The predicted molar refractivity (Wildman–Crippen MR) is 68.6 cm³/mol. The Balaban J connectivity index is 1.98. The van der Waals surface area contributed by atoms with Crippen molar-refractivity contribution in [1.82, 2.24) is 0 Å². The van der Waals surface area contributed by atoms with Gasteiger partial charge in [-0.1, -0.05) is 37.3 Å². The van der Waals surface area contributed by atoms with Crippen LogP contribution in [-0.4, -0.2) is 19.3 Å². The first-order valence-electron chi connectivity index (χ1n) is 6.13. The Kier molecular flexibility index (Phi) is 2.73. The average Bonchev–Trinajstić information content (AvgIpc) is 3.19. The van der Waals surface area contributed by atoms with Crippen molar-refractivity contribution in [2.75, 3.05) is 13.2 Å². The van der Waals surface area contributed by atoms with Crippen LogP contribution in [0.1, 0.15) is 12.5 Å². The normalized spacial score (nSPS) is 18.3. The molecule has 1 aliphatic rings. The van der Waals surface area contributed by atoms with Gasteiger partial charge in [0.2, 0.25) is 0 Å². The zero-order valence-corrected chi connectivity index (χ0v) is 9.98. The zero-order valence-electron chi connectivity index (χ0n) is 9.98. The van der Waals surface area contributed by atoms with Crippen molar-refractivity contribution < 1.29 is 9.47 Å². The highest BCUT2D eigenvalue weighted by Gasteiger charge is 2.23. The quantitative estimate of drug-likeness (QED) is 0.750. The number of benzene rings is 2. The Morgan fingerprint density at radius 2 is 2.06 bits per heavy atom. The first kappa shape index (κ1) is 10.6. The molecule has 0 N–H and O–H groups in total. The largest absolute Gasteiger partial charge is 0.490 e. The molecule has 0 aliphatic carbocycles. The van der Waals surface area contributed by atoms with Crippen LogP contribution in [0.3, 0.4) is 0 Å². The number of rotatable bonds is 4. The molecule has 1 fully saturated rings. The van der Waals surface area contributed by atoms with E-state index in [1.165, 1.54) is 16.3 Å². The maximum absolute atomic E-state index is 5.84. The Labute approximate surface area is 101 Å². The molecule has 3 rings (SSSR count). The molecule has 0 amide bonds. The third-order valence-electron chi connectivity index (χ3n) is 3.18. The predicted octanol–water partition coefficient (Wildman–Crippen LogP) is 3.18. The minimum absolute atomic E-state index is 0.311. The van der Waals surface area contributed by atoms with E-state index < -0.39 is 0 Å². The number of aryl methyl sites for hydroxylation is 1. The van der Waals surface area contributed by atoms with Crippen LogP contribution in [0.5, 0.6) is 5.75 Å². The van der Waals surface area contributed by atoms with E-state index in [-0.39, 0.29) is 0 Å². The lowest BCUT2D eigenvalue weighted by molar-refractivity contribution is 0.261. The molecule has 17 heavy (non-hydrogen) atoms. The zero-order chi connectivity index (χ0) is 11.7. The van der Waals surface area contributed by atoms with Crippen LogP contribution in [-0.2, 0) is 11.2 Å². The first-order chi connectivity index (χ1) is 8.38. The summed E-state index contributed by atoms with van der Waals surface area (Å²) in [6.07, 6.45) is 1.30. The minimum atomic E-state index is 0.311. The highest BCUT2D eigenvalue weighted by atomic mass is 16.6. The van der Waals surface area contributed by atoms with Gasteiger partial charge in [0.25, 0.3) is 0 Å². The monoisotopic (exact) mass is 228 g/mol. The van der Waals surface area contributed by atoms with Crippen molar-refractivity contribution >= 4 is 10.8 Å². The molecule has 0 aromatic heterocycles. The number of hydrogen-bond donors (Lipinski definition) is 0. The molecule has 2 nitrogen and oxygen atoms in total. The van der Waals surface area contributed by atoms with Crippen LogP contribution >= 0.6 is 0 Å². The lowest BCUT2D eigenvalue weighted by Gasteiger charge is -2.12. The van der Waals surface area contributed by atoms with Crippen LogP contribution < -0.4 is 4.74 Å². The molecule has 0 bridgehead atoms. The van der Waals surface area contributed by atoms with Gasteiger partial charge in [-0.05, 0) is 23.3 Å². The summed E-state index contributed by atoms with van der Waals surface area (Å²) in [6, 6.07) is 12.6. The van der Waals surface area contributed by atoms with Gasteiger partial charge in [0, 0.05) is 5.56 Å². The van der Waals surface area contributed by atoms with Gasteiger partial charge in [0.05, 0.1) is 6.61 Å². The van der Waals surface area contributed by atoms with Gasteiger partial charge >= 0.3 is 0 Å². The summed E-state index contributed by atoms with van der Waals surface area (Å²) in [6.45, 7) is 3.68. The van der Waals surface area contributed by atoms with Gasteiger partial charge in [-0.15, -0.1) is 0 Å². The average molecular weight is 228 g/mol. The van der Waals surface area contributed by atoms with Gasteiger partial charge < -0.3 is 9.47 Å². The number of ether oxygens (including phenoxy) is 2. The molecule has 1 unspecified atom stereocenters. The van der Waals surface area contributed by atoms with Crippen LogP contribution in [0.15, 0.2) is 36.4 Å². The maximum Gasteiger partial charge on any atom is 0.123 e. The molecule has 2 aromatic carbocycles. The fourth-order valence-corrected chi connectivity index (χ4v) is 2.16. The Hall–Kier alpha value is -1.54. The number of hydrogen-bond acceptors (Lipinski definition) is 2. The lowest BCUT2D eigenvalue weighted by Crippen LogP contribution is -2.05. The molecule has 1 aliphatic heterocycles. The molecule has 0 saturated carbocycles. The van der Waals surface area contributed by atoms with E-state index in [9.17, 15) is 0 Å². The van der Waals surface area contributed by atoms with Crippen molar-refractivity contribution in [3.8, 4) is 5.75 Å². The molecule has 1 saturated heterocycles.